The van der Waals surface area contributed by atoms with E-state index in [1.165, 1.54) is 46.9 Å². The second-order valence-corrected chi connectivity index (χ2v) is 20.0. The smallest absolute Gasteiger partial charge is 0.870 e. The van der Waals surface area contributed by atoms with Gasteiger partial charge in [0.25, 0.3) is 17.7 Å². The van der Waals surface area contributed by atoms with Crippen LogP contribution in [0.1, 0.15) is 51.4 Å². The van der Waals surface area contributed by atoms with Crippen LogP contribution in [0.25, 0.3) is 0 Å². The van der Waals surface area contributed by atoms with Gasteiger partial charge in [0.15, 0.2) is 10.0 Å². The minimum absolute atomic E-state index is 0. The third-order valence-electron chi connectivity index (χ3n) is 14.1. The molecule has 3 amide bonds. The number of anilines is 4. The monoisotopic (exact) mass is 1040 g/mol. The molecule has 0 radical (unpaired) electrons. The topological polar surface area (TPSA) is 210 Å². The Morgan fingerprint density at radius 3 is 1.39 bits per heavy atom. The number of thiazole rings is 2. The number of hydrogen-bond donors (Lipinski definition) is 2. The normalized spacial score (nSPS) is 17.4. The Kier molecular flexibility index (Phi) is 18.7. The zero-order chi connectivity index (χ0) is 49.0. The minimum Gasteiger partial charge on any atom is -0.870 e. The first-order valence-corrected chi connectivity index (χ1v) is 25.7. The summed E-state index contributed by atoms with van der Waals surface area (Å²) >= 11 is 2.80. The second-order valence-electron chi connectivity index (χ2n) is 18.3. The molecular weight excluding hydrogens is 986 g/mol. The molecule has 8 heterocycles. The number of carbonyl (C=O) groups excluding carboxylic acids is 3. The molecule has 6 aliphatic rings. The summed E-state index contributed by atoms with van der Waals surface area (Å²) in [6.07, 6.45) is 5.01. The van der Waals surface area contributed by atoms with Crippen molar-refractivity contribution in [2.24, 2.45) is 0 Å². The van der Waals surface area contributed by atoms with Crippen molar-refractivity contribution in [3.63, 3.8) is 0 Å². The Labute approximate surface area is 447 Å². The quantitative estimate of drug-likeness (QED) is 0.210. The molecule has 6 aliphatic heterocycles. The van der Waals surface area contributed by atoms with Crippen molar-refractivity contribution in [2.45, 2.75) is 24.9 Å². The number of carboxylic acids is 1. The summed E-state index contributed by atoms with van der Waals surface area (Å²) in [5.41, 5.74) is 7.16. The van der Waals surface area contributed by atoms with Gasteiger partial charge < -0.3 is 45.9 Å². The van der Waals surface area contributed by atoms with Gasteiger partial charge in [0, 0.05) is 155 Å². The van der Waals surface area contributed by atoms with E-state index >= 15 is 0 Å². The number of benzene rings is 4. The number of carboxylic acid groups (broad SMARTS) is 1. The van der Waals surface area contributed by atoms with Crippen LogP contribution < -0.4 is 34.0 Å². The van der Waals surface area contributed by atoms with Crippen molar-refractivity contribution >= 4 is 69.1 Å². The molecule has 74 heavy (non-hydrogen) atoms. The van der Waals surface area contributed by atoms with Crippen LogP contribution in [0.3, 0.4) is 0 Å². The fourth-order valence-electron chi connectivity index (χ4n) is 9.92. The molecule has 0 atom stereocenters. The van der Waals surface area contributed by atoms with Gasteiger partial charge in [-0.3, -0.25) is 24.2 Å². The van der Waals surface area contributed by atoms with Gasteiger partial charge in [-0.2, -0.15) is 0 Å². The Bertz CT molecular complexity index is 2850. The summed E-state index contributed by atoms with van der Waals surface area (Å²) in [4.78, 5) is 71.6. The van der Waals surface area contributed by atoms with Crippen LogP contribution in [0.5, 0.6) is 0 Å². The van der Waals surface area contributed by atoms with Crippen LogP contribution >= 0.6 is 22.7 Å². The van der Waals surface area contributed by atoms with Crippen LogP contribution in [0.2, 0.25) is 0 Å². The number of aromatic carboxylic acids is 1. The number of carbonyl (C=O) groups is 4. The molecule has 12 rings (SSSR count). The van der Waals surface area contributed by atoms with Crippen molar-refractivity contribution in [3.8, 4) is 0 Å². The molecule has 0 bridgehead atoms. The number of piperazine rings is 2. The van der Waals surface area contributed by atoms with Crippen LogP contribution in [0.4, 0.5) is 31.5 Å². The van der Waals surface area contributed by atoms with E-state index in [1.54, 1.807) is 48.8 Å². The van der Waals surface area contributed by atoms with Crippen LogP contribution in [-0.2, 0) is 12.8 Å². The SMILES string of the molecule is O.O=C(O)c1ccc2c(c1)CCN2c1ccc(F)cc1.O=C(c1ccc2c(c1)CCN2c1ccc(F)cc1)N1CC(N2CCN(C(=O)c3nccs3)CC2)C1.O=C(c1nccs1)N1CCN(C2CNC2)CC1.[Li+].[OH-]. The largest absolute Gasteiger partial charge is 1.00 e. The first-order chi connectivity index (χ1) is 34.6. The van der Waals surface area contributed by atoms with Gasteiger partial charge in [0.1, 0.15) is 11.6 Å². The van der Waals surface area contributed by atoms with Crippen molar-refractivity contribution in [1.82, 2.24) is 39.8 Å². The molecule has 0 spiro atoms. The third kappa shape index (κ3) is 12.3. The van der Waals surface area contributed by atoms with Gasteiger partial charge >= 0.3 is 24.8 Å². The number of nitrogens with one attached hydrogen (secondary N) is 1. The Balaban J connectivity index is 0.000000174. The van der Waals surface area contributed by atoms with Gasteiger partial charge in [0.05, 0.1) is 5.56 Å². The van der Waals surface area contributed by atoms with E-state index in [9.17, 15) is 28.0 Å². The fourth-order valence-corrected chi connectivity index (χ4v) is 11.1. The van der Waals surface area contributed by atoms with E-state index in [2.05, 4.69) is 34.9 Å². The molecule has 2 aromatic heterocycles. The molecule has 17 nitrogen and oxygen atoms in total. The Hall–Kier alpha value is -6.12. The molecular formula is C52H57F2LiN10O7S2. The summed E-state index contributed by atoms with van der Waals surface area (Å²) in [7, 11) is 0. The summed E-state index contributed by atoms with van der Waals surface area (Å²) in [6, 6.07) is 24.9. The minimum atomic E-state index is -0.914. The van der Waals surface area contributed by atoms with Gasteiger partial charge in [-0.05, 0) is 109 Å². The first-order valence-electron chi connectivity index (χ1n) is 24.0. The molecule has 384 valence electrons. The number of aromatic nitrogens is 2. The number of hydrogen-bond acceptors (Lipinski definition) is 14. The zero-order valence-corrected chi connectivity index (χ0v) is 42.6. The van der Waals surface area contributed by atoms with Crippen LogP contribution in [0, 0.1) is 11.6 Å². The molecule has 4 fully saturated rings. The first kappa shape index (κ1) is 55.6. The molecule has 0 unspecified atom stereocenters. The maximum absolute atomic E-state index is 13.3. The summed E-state index contributed by atoms with van der Waals surface area (Å²) in [6.45, 7) is 11.9. The third-order valence-corrected chi connectivity index (χ3v) is 15.6. The molecule has 0 aliphatic carbocycles. The predicted molar refractivity (Wildman–Crippen MR) is 275 cm³/mol. The number of amides is 3. The number of likely N-dealkylation sites (tertiary alicyclic amines) is 1. The van der Waals surface area contributed by atoms with Crippen LogP contribution in [-0.4, -0.2) is 178 Å². The summed E-state index contributed by atoms with van der Waals surface area (Å²) < 4.78 is 26.2. The molecule has 4 saturated heterocycles. The van der Waals surface area contributed by atoms with Gasteiger partial charge in [-0.25, -0.2) is 23.5 Å². The summed E-state index contributed by atoms with van der Waals surface area (Å²) in [5.74, 6) is -1.24. The van der Waals surface area contributed by atoms with E-state index in [-0.39, 0.29) is 59.2 Å². The van der Waals surface area contributed by atoms with Gasteiger partial charge in [-0.1, -0.05) is 0 Å². The Morgan fingerprint density at radius 1 is 0.554 bits per heavy atom. The molecule has 0 saturated carbocycles. The van der Waals surface area contributed by atoms with E-state index in [0.29, 0.717) is 40.8 Å². The Morgan fingerprint density at radius 2 is 0.986 bits per heavy atom. The average Bonchev–Trinajstić information content (AvgIpc) is 4.22. The second kappa shape index (κ2) is 24.9. The fraction of sp³-hybridized carbons (Fsp3) is 0.346. The van der Waals surface area contributed by atoms with Crippen molar-refractivity contribution in [2.75, 3.05) is 101 Å². The van der Waals surface area contributed by atoms with Crippen molar-refractivity contribution in [1.29, 1.82) is 0 Å². The molecule has 6 aromatic rings. The van der Waals surface area contributed by atoms with E-state index in [1.807, 2.05) is 49.7 Å². The van der Waals surface area contributed by atoms with E-state index in [0.717, 1.165) is 131 Å². The van der Waals surface area contributed by atoms with E-state index in [4.69, 9.17) is 5.11 Å². The average molecular weight is 1040 g/mol. The maximum Gasteiger partial charge on any atom is 1.00 e. The van der Waals surface area contributed by atoms with Crippen molar-refractivity contribution < 1.29 is 62.9 Å². The molecule has 5 N–H and O–H groups in total. The standard InChI is InChI=1S/C26H26FN5O2S.C15H12FNO2.C11H16N4OS.Li.2H2O/c27-20-2-4-21(5-3-20)32-9-7-18-15-19(1-6-23(18)32)25(33)31-16-22(17-31)29-10-12-30(13-11-29)26(34)24-28-8-14-35-24;16-12-2-4-13(5-3-12)17-8-7-10-9-11(15(18)19)1-6-14(10)17;16-11(10-13-1-6-17-10)15-4-2-14(3-5-15)9-7-12-8-9;;;/h1-6,8,14-15,22H,7,9-13,16-17H2;1-6,9H,7-8H2,(H,18,19);1,6,9,12H,2-5,7-8H2;;2*1H2/q;;;+1;;/p-1. The maximum atomic E-state index is 13.3. The van der Waals surface area contributed by atoms with Gasteiger partial charge in [0.2, 0.25) is 0 Å². The molecule has 22 heteroatoms. The number of nitrogens with zero attached hydrogens (tertiary/aromatic N) is 9. The zero-order valence-electron chi connectivity index (χ0n) is 41.0. The predicted octanol–water partition coefficient (Wildman–Crippen LogP) is 2.35. The number of fused-ring (bicyclic) bond motifs is 2. The van der Waals surface area contributed by atoms with Gasteiger partial charge in [-0.15, -0.1) is 22.7 Å². The summed E-state index contributed by atoms with van der Waals surface area (Å²) in [5, 5.41) is 17.1. The van der Waals surface area contributed by atoms with Crippen LogP contribution in [0.15, 0.2) is 108 Å². The van der Waals surface area contributed by atoms with E-state index < -0.39 is 5.97 Å². The van der Waals surface area contributed by atoms with Crippen molar-refractivity contribution in [3.05, 3.63) is 152 Å². The molecule has 4 aromatic carbocycles. The number of halogens is 2. The number of rotatable bonds is 8.